The standard InChI is InChI=1S/C104H116N6O4/c1-13-17-21-25-29-83-67(9)99-97(79-55-73-37-33-71-35-39-77(87-43-41-75(57-79)93(73)95(71)87)61-105-45-47-113-103(111)81-51-63(5)49-64(6)52-81)100-69(11)85(31-27-23-19-15-3)91(109-100)60-92-86(32-28-24-20-16-4)70(12)102(110-92)98(101-68(10)84(30-26-22-18-14-2)90(108-101)59-89(83)107-99)80-56-74-38-34-72-36-40-78(88-44-42-76(58-80)94(74)96(72)88)62-106-46-48-114-104(112)82-53-65(7)50-66(8)54-82/h33-44,49-60,105-107,110H,13-32,45-48,61-62H2,1-12H3. The van der Waals surface area contributed by atoms with E-state index >= 15 is 0 Å². The number of aromatic amines is 2. The maximum Gasteiger partial charge on any atom is 0.338 e. The third-order valence-corrected chi connectivity index (χ3v) is 24.7. The van der Waals surface area contributed by atoms with Crippen LogP contribution < -0.4 is 10.6 Å². The van der Waals surface area contributed by atoms with Gasteiger partial charge in [0.05, 0.1) is 44.9 Å². The molecule has 114 heavy (non-hydrogen) atoms. The van der Waals surface area contributed by atoms with Crippen molar-refractivity contribution in [2.45, 2.75) is 225 Å². The molecule has 2 aliphatic rings. The maximum absolute atomic E-state index is 13.1. The van der Waals surface area contributed by atoms with E-state index in [1.165, 1.54) is 185 Å². The number of hydrogen-bond donors (Lipinski definition) is 4. The maximum atomic E-state index is 13.1. The Morgan fingerprint density at radius 1 is 0.368 bits per heavy atom. The number of ether oxygens (including phenoxy) is 2. The Labute approximate surface area is 674 Å². The summed E-state index contributed by atoms with van der Waals surface area (Å²) in [6.45, 7) is 29.7. The van der Waals surface area contributed by atoms with Gasteiger partial charge in [-0.2, -0.15) is 0 Å². The van der Waals surface area contributed by atoms with Crippen molar-refractivity contribution < 1.29 is 19.1 Å². The van der Waals surface area contributed by atoms with Crippen LogP contribution in [0.15, 0.2) is 146 Å². The van der Waals surface area contributed by atoms with Crippen molar-refractivity contribution in [3.05, 3.63) is 235 Å². The SMILES string of the molecule is CCCCCCC1=C(C)c2nc1cc1[nH]c(c(C)c1CCCCCC)c(-c1cc3ccc4ccc(CNCCOC(=O)c5cc(C)cc(C)c5)c5ccc(c1)c3c45)c1nc(cc3[nH]c(c(C)c3CCCCCC)c2-c2cc3ccc4ccc(CNCCOC(=O)c5cc(C)cc(C)c5)c5ccc(c2)c3c45)C(CCCCCC)=C1C. The zero-order chi connectivity index (χ0) is 79.3. The number of unbranched alkanes of at least 4 members (excludes halogenated alkanes) is 12. The number of hydrogen-bond acceptors (Lipinski definition) is 8. The molecule has 0 saturated carbocycles. The summed E-state index contributed by atoms with van der Waals surface area (Å²) in [7, 11) is 0. The largest absolute Gasteiger partial charge is 0.461 e. The molecule has 8 bridgehead atoms. The second kappa shape index (κ2) is 35.2. The summed E-state index contributed by atoms with van der Waals surface area (Å²) >= 11 is 0. The highest BCUT2D eigenvalue weighted by Crippen LogP contribution is 2.49. The number of allylic oxidation sites excluding steroid dienone is 4. The lowest BCUT2D eigenvalue weighted by atomic mass is 9.88. The summed E-state index contributed by atoms with van der Waals surface area (Å²) in [6, 6.07) is 54.3. The zero-order valence-electron chi connectivity index (χ0n) is 69.8. The number of nitrogens with one attached hydrogen (secondary N) is 4. The van der Waals surface area contributed by atoms with Crippen LogP contribution in [0, 0.1) is 41.5 Å². The lowest BCUT2D eigenvalue weighted by Gasteiger charge is -2.16. The fourth-order valence-electron chi connectivity index (χ4n) is 18.8. The first-order chi connectivity index (χ1) is 55.5. The Morgan fingerprint density at radius 3 is 1.08 bits per heavy atom. The highest BCUT2D eigenvalue weighted by Gasteiger charge is 2.29. The van der Waals surface area contributed by atoms with Gasteiger partial charge in [0.25, 0.3) is 0 Å². The number of fused-ring (bicyclic) bond motifs is 8. The lowest BCUT2D eigenvalue weighted by Crippen LogP contribution is -2.21. The molecule has 3 aromatic heterocycles. The molecule has 0 atom stereocenters. The molecule has 5 heterocycles. The molecule has 15 rings (SSSR count). The van der Waals surface area contributed by atoms with Crippen molar-refractivity contribution in [2.24, 2.45) is 0 Å². The van der Waals surface area contributed by atoms with Crippen molar-refractivity contribution in [3.63, 3.8) is 0 Å². The number of rotatable bonds is 34. The highest BCUT2D eigenvalue weighted by molar-refractivity contribution is 6.26. The van der Waals surface area contributed by atoms with Gasteiger partial charge in [0.2, 0.25) is 0 Å². The second-order valence-electron chi connectivity index (χ2n) is 33.2. The van der Waals surface area contributed by atoms with Gasteiger partial charge in [-0.15, -0.1) is 0 Å². The topological polar surface area (TPSA) is 134 Å². The van der Waals surface area contributed by atoms with Gasteiger partial charge in [0.1, 0.15) is 13.2 Å². The van der Waals surface area contributed by atoms with E-state index in [0.717, 1.165) is 154 Å². The van der Waals surface area contributed by atoms with Crippen molar-refractivity contribution in [1.82, 2.24) is 30.6 Å². The number of nitrogens with zero attached hydrogens (tertiary/aromatic N) is 2. The Morgan fingerprint density at radius 2 is 0.711 bits per heavy atom. The smallest absolute Gasteiger partial charge is 0.338 e. The van der Waals surface area contributed by atoms with E-state index in [4.69, 9.17) is 19.4 Å². The summed E-state index contributed by atoms with van der Waals surface area (Å²) in [6.07, 6.45) is 22.2. The highest BCUT2D eigenvalue weighted by atomic mass is 16.5. The van der Waals surface area contributed by atoms with Crippen LogP contribution in [-0.2, 0) is 35.4 Å². The Hall–Kier alpha value is -10.3. The van der Waals surface area contributed by atoms with Gasteiger partial charge in [-0.25, -0.2) is 19.6 Å². The molecule has 0 amide bonds. The van der Waals surface area contributed by atoms with E-state index in [2.05, 4.69) is 197 Å². The van der Waals surface area contributed by atoms with E-state index in [0.29, 0.717) is 37.3 Å². The number of carbonyl (C=O) groups is 2. The third-order valence-electron chi connectivity index (χ3n) is 24.7. The number of aryl methyl sites for hydroxylation is 8. The molecule has 10 heteroatoms. The molecule has 0 unspecified atom stereocenters. The predicted octanol–water partition coefficient (Wildman–Crippen LogP) is 27.2. The average Bonchev–Trinajstić information content (AvgIpc) is 1.24. The monoisotopic (exact) mass is 1510 g/mol. The van der Waals surface area contributed by atoms with Crippen LogP contribution in [0.25, 0.3) is 131 Å². The van der Waals surface area contributed by atoms with Gasteiger partial charge in [0.15, 0.2) is 0 Å². The van der Waals surface area contributed by atoms with Gasteiger partial charge in [-0.1, -0.05) is 212 Å². The predicted molar refractivity (Wildman–Crippen MR) is 483 cm³/mol. The number of benzene rings is 10. The first kappa shape index (κ1) is 79.0. The van der Waals surface area contributed by atoms with Gasteiger partial charge < -0.3 is 30.1 Å². The molecule has 2 aliphatic heterocycles. The molecule has 10 nitrogen and oxygen atoms in total. The molecular formula is C104H116N6O4. The minimum absolute atomic E-state index is 0.281. The van der Waals surface area contributed by atoms with Crippen molar-refractivity contribution in [2.75, 3.05) is 26.3 Å². The first-order valence-corrected chi connectivity index (χ1v) is 43.0. The van der Waals surface area contributed by atoms with E-state index < -0.39 is 0 Å². The third kappa shape index (κ3) is 16.3. The van der Waals surface area contributed by atoms with Gasteiger partial charge in [0, 0.05) is 48.3 Å². The fraction of sp³-hybridized carbons (Fsp3) is 0.365. The van der Waals surface area contributed by atoms with Crippen molar-refractivity contribution in [1.29, 1.82) is 0 Å². The molecule has 0 aliphatic carbocycles. The lowest BCUT2D eigenvalue weighted by molar-refractivity contribution is 0.0499. The second-order valence-corrected chi connectivity index (χ2v) is 33.2. The van der Waals surface area contributed by atoms with E-state index in [1.807, 2.05) is 52.0 Å². The molecular weight excluding hydrogens is 1400 g/mol. The summed E-state index contributed by atoms with van der Waals surface area (Å²) in [4.78, 5) is 47.2. The van der Waals surface area contributed by atoms with Crippen LogP contribution in [-0.4, -0.2) is 58.2 Å². The number of carbonyl (C=O) groups excluding carboxylic acids is 2. The number of aromatic nitrogens is 4. The summed E-state index contributed by atoms with van der Waals surface area (Å²) in [5.74, 6) is -0.582. The van der Waals surface area contributed by atoms with Gasteiger partial charge in [-0.05, 0) is 299 Å². The molecule has 10 aromatic carbocycles. The van der Waals surface area contributed by atoms with E-state index in [-0.39, 0.29) is 25.2 Å². The summed E-state index contributed by atoms with van der Waals surface area (Å²) in [5.41, 5.74) is 31.6. The van der Waals surface area contributed by atoms with Crippen LogP contribution in [0.4, 0.5) is 0 Å². The Balaban J connectivity index is 0.913. The molecule has 0 radical (unpaired) electrons. The van der Waals surface area contributed by atoms with Gasteiger partial charge >= 0.3 is 11.9 Å². The van der Waals surface area contributed by atoms with Crippen LogP contribution in [0.5, 0.6) is 0 Å². The molecule has 0 saturated heterocycles. The zero-order valence-corrected chi connectivity index (χ0v) is 69.8. The van der Waals surface area contributed by atoms with E-state index in [9.17, 15) is 9.59 Å². The Kier molecular flexibility index (Phi) is 24.4. The van der Waals surface area contributed by atoms with E-state index in [1.54, 1.807) is 0 Å². The summed E-state index contributed by atoms with van der Waals surface area (Å²) < 4.78 is 11.6. The van der Waals surface area contributed by atoms with Gasteiger partial charge in [-0.3, -0.25) is 0 Å². The number of H-pyrrole nitrogens is 2. The molecule has 0 spiro atoms. The normalized spacial score (nSPS) is 12.7. The fourth-order valence-corrected chi connectivity index (χ4v) is 18.8. The first-order valence-electron chi connectivity index (χ1n) is 43.0. The quantitative estimate of drug-likeness (QED) is 0.0178. The van der Waals surface area contributed by atoms with Crippen LogP contribution in [0.3, 0.4) is 0 Å². The molecule has 586 valence electrons. The number of esters is 2. The molecule has 4 N–H and O–H groups in total. The van der Waals surface area contributed by atoms with Crippen LogP contribution in [0.1, 0.15) is 256 Å². The minimum Gasteiger partial charge on any atom is -0.461 e. The van der Waals surface area contributed by atoms with Crippen molar-refractivity contribution in [3.8, 4) is 22.3 Å². The van der Waals surface area contributed by atoms with Crippen LogP contribution in [0.2, 0.25) is 0 Å². The van der Waals surface area contributed by atoms with Crippen LogP contribution >= 0.6 is 0 Å². The summed E-state index contributed by atoms with van der Waals surface area (Å²) in [5, 5.41) is 22.0. The van der Waals surface area contributed by atoms with Crippen molar-refractivity contribution >= 4 is 121 Å². The Bertz CT molecular complexity index is 5590. The average molecular weight is 1510 g/mol. The molecule has 13 aromatic rings. The molecule has 0 fully saturated rings. The minimum atomic E-state index is -0.291.